The number of cyclic esters (lactones) is 1. The number of dihydropyridines is 1. The van der Waals surface area contributed by atoms with Crippen LogP contribution in [0.15, 0.2) is 77.3 Å². The summed E-state index contributed by atoms with van der Waals surface area (Å²) in [5.74, 6) is -0.895. The molecule has 0 bridgehead atoms. The number of nitrogens with two attached hydrogens (primary N) is 1. The van der Waals surface area contributed by atoms with E-state index < -0.39 is 17.0 Å². The standard InChI is InChI=1S/C26H24N4O3/c1-25(2)21-20(23(31)33-25)26(18(15-27)22(28)29-21)17-12-6-7-13-19(17)30(24(26)32)14-8-11-16-9-4-3-5-10-16/h3-7,9-10,12-13,29H,8,11,14,28H2,1-2H3/t26-/m1/s1. The number of benzene rings is 2. The highest BCUT2D eigenvalue weighted by Crippen LogP contribution is 2.56. The van der Waals surface area contributed by atoms with Crippen LogP contribution in [0.1, 0.15) is 31.4 Å². The molecule has 3 heterocycles. The molecule has 0 fully saturated rings. The maximum atomic E-state index is 14.2. The third-order valence-electron chi connectivity index (χ3n) is 6.65. The van der Waals surface area contributed by atoms with Crippen LogP contribution in [-0.4, -0.2) is 24.0 Å². The monoisotopic (exact) mass is 440 g/mol. The van der Waals surface area contributed by atoms with Crippen LogP contribution < -0.4 is 16.0 Å². The molecule has 7 heteroatoms. The molecule has 1 atom stereocenters. The minimum Gasteiger partial charge on any atom is -0.450 e. The van der Waals surface area contributed by atoms with Crippen LogP contribution in [-0.2, 0) is 26.2 Å². The molecule has 2 aromatic carbocycles. The van der Waals surface area contributed by atoms with Crippen molar-refractivity contribution in [3.63, 3.8) is 0 Å². The average Bonchev–Trinajstić information content (AvgIpc) is 3.17. The fourth-order valence-corrected chi connectivity index (χ4v) is 5.20. The Balaban J connectivity index is 1.64. The molecule has 3 aliphatic heterocycles. The first-order valence-corrected chi connectivity index (χ1v) is 10.9. The van der Waals surface area contributed by atoms with E-state index in [9.17, 15) is 14.9 Å². The molecular formula is C26H24N4O3. The van der Waals surface area contributed by atoms with Gasteiger partial charge < -0.3 is 20.7 Å². The van der Waals surface area contributed by atoms with Crippen LogP contribution in [0.5, 0.6) is 0 Å². The van der Waals surface area contributed by atoms with Crippen LogP contribution in [0.4, 0.5) is 5.69 Å². The van der Waals surface area contributed by atoms with Crippen LogP contribution in [0, 0.1) is 11.3 Å². The fraction of sp³-hybridized carbons (Fsp3) is 0.269. The third kappa shape index (κ3) is 2.80. The molecule has 166 valence electrons. The van der Waals surface area contributed by atoms with E-state index in [1.807, 2.05) is 30.3 Å². The minimum atomic E-state index is -1.62. The number of hydrogen-bond acceptors (Lipinski definition) is 6. The second-order valence-corrected chi connectivity index (χ2v) is 8.99. The first-order valence-electron chi connectivity index (χ1n) is 10.9. The summed E-state index contributed by atoms with van der Waals surface area (Å²) in [4.78, 5) is 29.0. The number of nitrogens with zero attached hydrogens (tertiary/aromatic N) is 2. The lowest BCUT2D eigenvalue weighted by atomic mass is 9.67. The number of carbonyl (C=O) groups is 2. The molecule has 0 saturated heterocycles. The number of aryl methyl sites for hydroxylation is 1. The molecule has 0 radical (unpaired) electrons. The largest absolute Gasteiger partial charge is 0.450 e. The van der Waals surface area contributed by atoms with Crippen molar-refractivity contribution in [2.75, 3.05) is 11.4 Å². The molecule has 5 rings (SSSR count). The number of esters is 1. The SMILES string of the molecule is CC1(C)OC(=O)C2=C1NC(N)=C(C#N)[C@@]21C(=O)N(CCCc2ccccc2)c2ccccc21. The van der Waals surface area contributed by atoms with Gasteiger partial charge in [-0.2, -0.15) is 5.26 Å². The highest BCUT2D eigenvalue weighted by atomic mass is 16.6. The van der Waals surface area contributed by atoms with E-state index in [1.165, 1.54) is 5.56 Å². The lowest BCUT2D eigenvalue weighted by Gasteiger charge is -2.34. The van der Waals surface area contributed by atoms with Gasteiger partial charge in [-0.15, -0.1) is 0 Å². The summed E-state index contributed by atoms with van der Waals surface area (Å²) in [6.07, 6.45) is 1.52. The van der Waals surface area contributed by atoms with E-state index in [1.54, 1.807) is 30.9 Å². The van der Waals surface area contributed by atoms with Crippen molar-refractivity contribution >= 4 is 17.6 Å². The van der Waals surface area contributed by atoms with Gasteiger partial charge in [-0.3, -0.25) is 4.79 Å². The Bertz CT molecular complexity index is 1290. The summed E-state index contributed by atoms with van der Waals surface area (Å²) in [6.45, 7) is 3.92. The van der Waals surface area contributed by atoms with Crippen molar-refractivity contribution in [3.8, 4) is 6.07 Å². The zero-order valence-electron chi connectivity index (χ0n) is 18.5. The molecule has 0 aliphatic carbocycles. The molecule has 7 nitrogen and oxygen atoms in total. The van der Waals surface area contributed by atoms with Crippen LogP contribution >= 0.6 is 0 Å². The number of hydrogen-bond donors (Lipinski definition) is 2. The van der Waals surface area contributed by atoms with E-state index in [-0.39, 0.29) is 22.9 Å². The Morgan fingerprint density at radius 1 is 1.09 bits per heavy atom. The van der Waals surface area contributed by atoms with Gasteiger partial charge in [0.2, 0.25) is 5.91 Å². The maximum Gasteiger partial charge on any atom is 0.338 e. The second kappa shape index (κ2) is 7.24. The topological polar surface area (TPSA) is 108 Å². The number of fused-ring (bicyclic) bond motifs is 3. The van der Waals surface area contributed by atoms with E-state index in [0.717, 1.165) is 12.8 Å². The third-order valence-corrected chi connectivity index (χ3v) is 6.65. The average molecular weight is 441 g/mol. The Morgan fingerprint density at radius 3 is 2.52 bits per heavy atom. The fourth-order valence-electron chi connectivity index (χ4n) is 5.20. The van der Waals surface area contributed by atoms with Crippen molar-refractivity contribution in [1.82, 2.24) is 5.32 Å². The van der Waals surface area contributed by atoms with Gasteiger partial charge >= 0.3 is 5.97 Å². The van der Waals surface area contributed by atoms with E-state index >= 15 is 0 Å². The Morgan fingerprint density at radius 2 is 1.79 bits per heavy atom. The van der Waals surface area contributed by atoms with E-state index in [2.05, 4.69) is 23.5 Å². The van der Waals surface area contributed by atoms with Gasteiger partial charge in [0.15, 0.2) is 0 Å². The number of nitrogens with one attached hydrogen (secondary N) is 1. The minimum absolute atomic E-state index is 0.0268. The molecule has 3 N–H and O–H groups in total. The summed E-state index contributed by atoms with van der Waals surface area (Å²) in [7, 11) is 0. The molecule has 0 unspecified atom stereocenters. The molecule has 33 heavy (non-hydrogen) atoms. The number of nitriles is 1. The maximum absolute atomic E-state index is 14.2. The number of para-hydroxylation sites is 1. The van der Waals surface area contributed by atoms with Gasteiger partial charge in [0.05, 0.1) is 16.8 Å². The van der Waals surface area contributed by atoms with Gasteiger partial charge in [-0.1, -0.05) is 48.5 Å². The molecule has 1 amide bonds. The van der Waals surface area contributed by atoms with Crippen molar-refractivity contribution < 1.29 is 14.3 Å². The predicted molar refractivity (Wildman–Crippen MR) is 122 cm³/mol. The predicted octanol–water partition coefficient (Wildman–Crippen LogP) is 2.79. The zero-order valence-corrected chi connectivity index (χ0v) is 18.5. The Kier molecular flexibility index (Phi) is 4.57. The van der Waals surface area contributed by atoms with Crippen molar-refractivity contribution in [2.45, 2.75) is 37.7 Å². The lowest BCUT2D eigenvalue weighted by Crippen LogP contribution is -2.50. The molecule has 0 aromatic heterocycles. The smallest absolute Gasteiger partial charge is 0.338 e. The summed E-state index contributed by atoms with van der Waals surface area (Å²) >= 11 is 0. The van der Waals surface area contributed by atoms with Crippen LogP contribution in [0.2, 0.25) is 0 Å². The summed E-state index contributed by atoms with van der Waals surface area (Å²) in [6, 6.07) is 19.5. The molecule has 0 saturated carbocycles. The lowest BCUT2D eigenvalue weighted by molar-refractivity contribution is -0.145. The normalized spacial score (nSPS) is 22.8. The van der Waals surface area contributed by atoms with Gasteiger partial charge in [0.25, 0.3) is 0 Å². The van der Waals surface area contributed by atoms with Gasteiger partial charge in [0.1, 0.15) is 22.9 Å². The second-order valence-electron chi connectivity index (χ2n) is 8.99. The van der Waals surface area contributed by atoms with Crippen molar-refractivity contribution in [2.24, 2.45) is 5.73 Å². The number of amides is 1. The number of ether oxygens (including phenoxy) is 1. The highest BCUT2D eigenvalue weighted by Gasteiger charge is 2.64. The Hall–Kier alpha value is -4.05. The molecule has 2 aromatic rings. The van der Waals surface area contributed by atoms with Crippen molar-refractivity contribution in [3.05, 3.63) is 88.4 Å². The van der Waals surface area contributed by atoms with Crippen molar-refractivity contribution in [1.29, 1.82) is 5.26 Å². The van der Waals surface area contributed by atoms with E-state index in [0.29, 0.717) is 23.5 Å². The van der Waals surface area contributed by atoms with Gasteiger partial charge in [-0.05, 0) is 38.3 Å². The summed E-state index contributed by atoms with van der Waals surface area (Å²) < 4.78 is 5.62. The summed E-state index contributed by atoms with van der Waals surface area (Å²) in [5, 5.41) is 13.1. The van der Waals surface area contributed by atoms with Crippen LogP contribution in [0.3, 0.4) is 0 Å². The first-order chi connectivity index (χ1) is 15.8. The highest BCUT2D eigenvalue weighted by molar-refractivity contribution is 6.19. The van der Waals surface area contributed by atoms with Gasteiger partial charge in [0, 0.05) is 17.8 Å². The zero-order chi connectivity index (χ0) is 23.4. The first kappa shape index (κ1) is 20.8. The number of anilines is 1. The molecule has 3 aliphatic rings. The summed E-state index contributed by atoms with van der Waals surface area (Å²) in [5.41, 5.74) is 6.72. The number of rotatable bonds is 4. The molecule has 1 spiro atoms. The molecular weight excluding hydrogens is 416 g/mol. The van der Waals surface area contributed by atoms with E-state index in [4.69, 9.17) is 10.5 Å². The van der Waals surface area contributed by atoms with Gasteiger partial charge in [-0.25, -0.2) is 4.79 Å². The Labute approximate surface area is 192 Å². The quantitative estimate of drug-likeness (QED) is 0.708. The van der Waals surface area contributed by atoms with Crippen LogP contribution in [0.25, 0.3) is 0 Å². The number of carbonyl (C=O) groups excluding carboxylic acids is 2.